The van der Waals surface area contributed by atoms with Crippen molar-refractivity contribution in [1.29, 1.82) is 0 Å². The van der Waals surface area contributed by atoms with E-state index in [-0.39, 0.29) is 5.88 Å². The zero-order valence-electron chi connectivity index (χ0n) is 8.71. The number of aromatic nitrogens is 3. The Bertz CT molecular complexity index is 693. The number of aromatic hydroxyl groups is 1. The number of rotatable bonds is 1. The van der Waals surface area contributed by atoms with Crippen LogP contribution in [0.5, 0.6) is 5.88 Å². The average Bonchev–Trinajstić information content (AvgIpc) is 2.71. The molecule has 3 aromatic rings. The Balaban J connectivity index is 2.27. The van der Waals surface area contributed by atoms with Gasteiger partial charge in [0.1, 0.15) is 0 Å². The fourth-order valence-electron chi connectivity index (χ4n) is 1.72. The van der Waals surface area contributed by atoms with Crippen LogP contribution in [0.15, 0.2) is 42.7 Å². The maximum atomic E-state index is 9.40. The van der Waals surface area contributed by atoms with Crippen molar-refractivity contribution in [2.75, 3.05) is 0 Å². The second-order valence-corrected chi connectivity index (χ2v) is 4.06. The van der Waals surface area contributed by atoms with E-state index in [9.17, 15) is 5.11 Å². The third kappa shape index (κ3) is 1.72. The van der Waals surface area contributed by atoms with E-state index in [0.717, 1.165) is 11.1 Å². The Kier molecular flexibility index (Phi) is 2.23. The molecule has 0 radical (unpaired) electrons. The molecule has 17 heavy (non-hydrogen) atoms. The summed E-state index contributed by atoms with van der Waals surface area (Å²) in [4.78, 5) is 4.05. The average molecular weight is 246 g/mol. The van der Waals surface area contributed by atoms with E-state index < -0.39 is 0 Å². The van der Waals surface area contributed by atoms with Crippen LogP contribution in [0.3, 0.4) is 0 Å². The maximum absolute atomic E-state index is 9.40. The zero-order valence-corrected chi connectivity index (χ0v) is 9.46. The topological polar surface area (TPSA) is 50.4 Å². The molecule has 0 fully saturated rings. The van der Waals surface area contributed by atoms with Crippen molar-refractivity contribution in [3.8, 4) is 17.0 Å². The van der Waals surface area contributed by atoms with Crippen LogP contribution in [0.4, 0.5) is 0 Å². The van der Waals surface area contributed by atoms with Gasteiger partial charge in [0.25, 0.3) is 0 Å². The molecular formula is C12H8ClN3O. The van der Waals surface area contributed by atoms with E-state index in [1.165, 1.54) is 6.07 Å². The van der Waals surface area contributed by atoms with Gasteiger partial charge in [0, 0.05) is 22.8 Å². The molecule has 0 saturated heterocycles. The smallest absolute Gasteiger partial charge is 0.214 e. The van der Waals surface area contributed by atoms with Crippen molar-refractivity contribution in [1.82, 2.24) is 14.6 Å². The van der Waals surface area contributed by atoms with E-state index >= 15 is 0 Å². The van der Waals surface area contributed by atoms with Gasteiger partial charge in [-0.1, -0.05) is 23.7 Å². The van der Waals surface area contributed by atoms with Gasteiger partial charge < -0.3 is 5.11 Å². The van der Waals surface area contributed by atoms with Crippen LogP contribution >= 0.6 is 11.6 Å². The molecule has 0 bridgehead atoms. The third-order valence-electron chi connectivity index (χ3n) is 2.49. The van der Waals surface area contributed by atoms with Gasteiger partial charge in [0.15, 0.2) is 5.65 Å². The van der Waals surface area contributed by atoms with Gasteiger partial charge in [-0.25, -0.2) is 4.52 Å². The summed E-state index contributed by atoms with van der Waals surface area (Å²) in [5, 5.41) is 14.2. The molecule has 0 aliphatic rings. The Labute approximate surface area is 102 Å². The summed E-state index contributed by atoms with van der Waals surface area (Å²) in [6.07, 6.45) is 3.36. The summed E-state index contributed by atoms with van der Waals surface area (Å²) in [6, 6.07) is 8.92. The van der Waals surface area contributed by atoms with Gasteiger partial charge in [0.2, 0.25) is 5.88 Å². The molecule has 0 atom stereocenters. The second kappa shape index (κ2) is 3.75. The highest BCUT2D eigenvalue weighted by atomic mass is 35.5. The fraction of sp³-hybridized carbons (Fsp3) is 0. The van der Waals surface area contributed by atoms with Gasteiger partial charge in [0.05, 0.1) is 6.20 Å². The quantitative estimate of drug-likeness (QED) is 0.717. The van der Waals surface area contributed by atoms with E-state index in [4.69, 9.17) is 11.6 Å². The number of nitrogens with zero attached hydrogens (tertiary/aromatic N) is 3. The van der Waals surface area contributed by atoms with Crippen molar-refractivity contribution < 1.29 is 5.11 Å². The van der Waals surface area contributed by atoms with E-state index in [1.54, 1.807) is 16.9 Å². The number of fused-ring (bicyclic) bond motifs is 1. The van der Waals surface area contributed by atoms with E-state index in [0.29, 0.717) is 10.7 Å². The SMILES string of the molecule is Oc1ccn2ncc(-c3cccc(Cl)c3)c2n1. The lowest BCUT2D eigenvalue weighted by Crippen LogP contribution is -1.88. The summed E-state index contributed by atoms with van der Waals surface area (Å²) >= 11 is 5.95. The first-order valence-corrected chi connectivity index (χ1v) is 5.41. The minimum Gasteiger partial charge on any atom is -0.493 e. The Morgan fingerprint density at radius 3 is 2.94 bits per heavy atom. The van der Waals surface area contributed by atoms with Crippen LogP contribution in [0.2, 0.25) is 5.02 Å². The standard InChI is InChI=1S/C12H8ClN3O/c13-9-3-1-2-8(6-9)10-7-14-16-5-4-11(17)15-12(10)16/h1-7H,(H,15,17). The van der Waals surface area contributed by atoms with E-state index in [2.05, 4.69) is 10.1 Å². The largest absolute Gasteiger partial charge is 0.493 e. The van der Waals surface area contributed by atoms with Crippen LogP contribution in [0, 0.1) is 0 Å². The first-order chi connectivity index (χ1) is 8.24. The van der Waals surface area contributed by atoms with E-state index in [1.807, 2.05) is 24.3 Å². The Hall–Kier alpha value is -2.07. The molecule has 4 nitrogen and oxygen atoms in total. The molecule has 0 aliphatic carbocycles. The minimum absolute atomic E-state index is 0.0266. The van der Waals surface area contributed by atoms with Crippen molar-refractivity contribution in [3.05, 3.63) is 47.7 Å². The summed E-state index contributed by atoms with van der Waals surface area (Å²) in [5.74, 6) is -0.0266. The normalized spacial score (nSPS) is 10.9. The highest BCUT2D eigenvalue weighted by Gasteiger charge is 2.08. The predicted octanol–water partition coefficient (Wildman–Crippen LogP) is 2.76. The third-order valence-corrected chi connectivity index (χ3v) is 2.73. The lowest BCUT2D eigenvalue weighted by Gasteiger charge is -1.99. The fourth-order valence-corrected chi connectivity index (χ4v) is 1.91. The van der Waals surface area contributed by atoms with Gasteiger partial charge in [-0.3, -0.25) is 0 Å². The molecule has 1 N–H and O–H groups in total. The highest BCUT2D eigenvalue weighted by Crippen LogP contribution is 2.26. The Morgan fingerprint density at radius 2 is 2.12 bits per heavy atom. The van der Waals surface area contributed by atoms with Crippen LogP contribution in [0.1, 0.15) is 0 Å². The van der Waals surface area contributed by atoms with Gasteiger partial charge in [-0.2, -0.15) is 10.1 Å². The molecule has 0 aliphatic heterocycles. The Morgan fingerprint density at radius 1 is 1.24 bits per heavy atom. The molecule has 0 amide bonds. The molecule has 2 aromatic heterocycles. The molecule has 5 heteroatoms. The van der Waals surface area contributed by atoms with Crippen LogP contribution in [-0.2, 0) is 0 Å². The zero-order chi connectivity index (χ0) is 11.8. The summed E-state index contributed by atoms with van der Waals surface area (Å²) in [5.41, 5.74) is 2.36. The van der Waals surface area contributed by atoms with Crippen LogP contribution < -0.4 is 0 Å². The van der Waals surface area contributed by atoms with Crippen molar-refractivity contribution >= 4 is 17.2 Å². The number of benzene rings is 1. The van der Waals surface area contributed by atoms with Crippen molar-refractivity contribution in [2.45, 2.75) is 0 Å². The summed E-state index contributed by atoms with van der Waals surface area (Å²) in [7, 11) is 0. The summed E-state index contributed by atoms with van der Waals surface area (Å²) in [6.45, 7) is 0. The van der Waals surface area contributed by atoms with Gasteiger partial charge in [-0.05, 0) is 17.7 Å². The molecular weight excluding hydrogens is 238 g/mol. The lowest BCUT2D eigenvalue weighted by atomic mass is 10.1. The first kappa shape index (κ1) is 10.1. The van der Waals surface area contributed by atoms with Crippen molar-refractivity contribution in [2.24, 2.45) is 0 Å². The molecule has 0 saturated carbocycles. The molecule has 1 aromatic carbocycles. The molecule has 0 spiro atoms. The molecule has 84 valence electrons. The lowest BCUT2D eigenvalue weighted by molar-refractivity contribution is 0.453. The molecule has 2 heterocycles. The summed E-state index contributed by atoms with van der Waals surface area (Å²) < 4.78 is 1.61. The number of hydrogen-bond acceptors (Lipinski definition) is 3. The van der Waals surface area contributed by atoms with Crippen LogP contribution in [0.25, 0.3) is 16.8 Å². The van der Waals surface area contributed by atoms with Gasteiger partial charge in [-0.15, -0.1) is 0 Å². The second-order valence-electron chi connectivity index (χ2n) is 3.62. The maximum Gasteiger partial charge on any atom is 0.214 e. The molecule has 0 unspecified atom stereocenters. The first-order valence-electron chi connectivity index (χ1n) is 5.03. The van der Waals surface area contributed by atoms with Gasteiger partial charge >= 0.3 is 0 Å². The monoisotopic (exact) mass is 245 g/mol. The predicted molar refractivity (Wildman–Crippen MR) is 65.1 cm³/mol. The number of halogens is 1. The number of hydrogen-bond donors (Lipinski definition) is 1. The molecule has 3 rings (SSSR count). The van der Waals surface area contributed by atoms with Crippen molar-refractivity contribution in [3.63, 3.8) is 0 Å². The minimum atomic E-state index is -0.0266. The van der Waals surface area contributed by atoms with Crippen LogP contribution in [-0.4, -0.2) is 19.7 Å². The highest BCUT2D eigenvalue weighted by molar-refractivity contribution is 6.30.